The van der Waals surface area contributed by atoms with Gasteiger partial charge in [-0.2, -0.15) is 0 Å². The summed E-state index contributed by atoms with van der Waals surface area (Å²) in [6, 6.07) is 20.9. The summed E-state index contributed by atoms with van der Waals surface area (Å²) in [5.74, 6) is 1.39. The van der Waals surface area contributed by atoms with Gasteiger partial charge in [-0.1, -0.05) is 48.5 Å². The lowest BCUT2D eigenvalue weighted by atomic mass is 9.97. The Hall–Kier alpha value is -4.95. The fraction of sp³-hybridized carbons (Fsp3) is 0.476. The first-order valence-corrected chi connectivity index (χ1v) is 21.2. The van der Waals surface area contributed by atoms with E-state index in [0.29, 0.717) is 31.9 Å². The van der Waals surface area contributed by atoms with E-state index < -0.39 is 27.3 Å². The lowest BCUT2D eigenvalue weighted by Gasteiger charge is -2.29. The molecule has 3 aliphatic heterocycles. The molecule has 14 heteroatoms. The van der Waals surface area contributed by atoms with Crippen molar-refractivity contribution in [2.45, 2.75) is 90.1 Å². The molecule has 56 heavy (non-hydrogen) atoms. The summed E-state index contributed by atoms with van der Waals surface area (Å²) in [7, 11) is -3.37. The average Bonchev–Trinajstić information content (AvgIpc) is 3.94. The van der Waals surface area contributed by atoms with E-state index in [4.69, 9.17) is 14.5 Å². The molecule has 1 unspecified atom stereocenters. The Kier molecular flexibility index (Phi) is 10.7. The largest absolute Gasteiger partial charge is 0.444 e. The Morgan fingerprint density at radius 1 is 0.857 bits per heavy atom. The summed E-state index contributed by atoms with van der Waals surface area (Å²) in [5.41, 5.74) is 3.88. The number of carbonyl (C=O) groups is 2. The number of amides is 2. The number of nitrogens with zero attached hydrogens (tertiary/aromatic N) is 4. The van der Waals surface area contributed by atoms with Crippen LogP contribution in [0.3, 0.4) is 0 Å². The number of benzene rings is 3. The molecule has 2 amide bonds. The molecule has 4 aromatic rings. The third-order valence-electron chi connectivity index (χ3n) is 10.3. The second kappa shape index (κ2) is 15.2. The molecular formula is C42H53N7O6S. The van der Waals surface area contributed by atoms with E-state index in [2.05, 4.69) is 80.7 Å². The number of aromatic amines is 1. The van der Waals surface area contributed by atoms with Crippen molar-refractivity contribution in [3.05, 3.63) is 78.2 Å². The highest BCUT2D eigenvalue weighted by atomic mass is 32.2. The maximum atomic E-state index is 13.2. The molecule has 1 aromatic heterocycles. The molecular weight excluding hydrogens is 731 g/mol. The van der Waals surface area contributed by atoms with Gasteiger partial charge in [-0.15, -0.1) is 0 Å². The minimum absolute atomic E-state index is 0.0399. The maximum absolute atomic E-state index is 13.2. The van der Waals surface area contributed by atoms with Crippen molar-refractivity contribution in [1.82, 2.24) is 29.8 Å². The van der Waals surface area contributed by atoms with E-state index in [1.54, 1.807) is 16.0 Å². The van der Waals surface area contributed by atoms with Crippen LogP contribution in [0.4, 0.5) is 9.59 Å². The van der Waals surface area contributed by atoms with E-state index in [9.17, 15) is 18.0 Å². The van der Waals surface area contributed by atoms with Gasteiger partial charge in [0.25, 0.3) is 0 Å². The van der Waals surface area contributed by atoms with E-state index in [0.717, 1.165) is 63.7 Å². The summed E-state index contributed by atoms with van der Waals surface area (Å²) in [5, 5.41) is 5.88. The molecule has 3 N–H and O–H groups in total. The van der Waals surface area contributed by atoms with Gasteiger partial charge in [-0.05, 0) is 112 Å². The summed E-state index contributed by atoms with van der Waals surface area (Å²) in [6.45, 7) is 13.0. The van der Waals surface area contributed by atoms with Crippen LogP contribution in [0.1, 0.15) is 84.3 Å². The number of hydrogen-bond acceptors (Lipinski definition) is 9. The molecule has 7 rings (SSSR count). The third-order valence-corrected chi connectivity index (χ3v) is 11.0. The van der Waals surface area contributed by atoms with Gasteiger partial charge in [0, 0.05) is 19.6 Å². The fourth-order valence-electron chi connectivity index (χ4n) is 7.72. The van der Waals surface area contributed by atoms with Crippen LogP contribution in [0.25, 0.3) is 33.2 Å². The van der Waals surface area contributed by atoms with E-state index >= 15 is 0 Å². The van der Waals surface area contributed by atoms with Gasteiger partial charge in [0.2, 0.25) is 10.0 Å². The zero-order valence-corrected chi connectivity index (χ0v) is 34.1. The van der Waals surface area contributed by atoms with Crippen LogP contribution in [-0.2, 0) is 19.5 Å². The quantitative estimate of drug-likeness (QED) is 0.170. The first-order valence-electron chi connectivity index (χ1n) is 19.3. The van der Waals surface area contributed by atoms with Gasteiger partial charge in [-0.3, -0.25) is 14.8 Å². The second-order valence-corrected chi connectivity index (χ2v) is 19.0. The van der Waals surface area contributed by atoms with Crippen molar-refractivity contribution >= 4 is 38.8 Å². The van der Waals surface area contributed by atoms with Crippen molar-refractivity contribution in [1.29, 1.82) is 0 Å². The zero-order chi connectivity index (χ0) is 40.0. The Bertz CT molecular complexity index is 2240. The smallest absolute Gasteiger partial charge is 0.410 e. The number of likely N-dealkylation sites (tertiary alicyclic amines) is 2. The number of imidazole rings is 1. The lowest BCUT2D eigenvalue weighted by Crippen LogP contribution is -2.46. The molecule has 298 valence electrons. The molecule has 3 aromatic carbocycles. The standard InChI is InChI=1S/C42H53N7O6S/c1-41(2,3)54-39(50)48-18-8-9-35(48)37-43-24-34(47-37)32-17-16-30-20-29(14-15-31(30)21-32)27-10-12-28(13-11-27)33-23-44-38(46-33)36-19-26(22-45-56(7,52)53)25-49(36)40(51)55-42(4,5)6/h10-17,20-21,23,26,34-36,45H,8-9,18-19,22,24-25H2,1-7H3,(H,43,47)(H,44,46)/t26-,34?,35+,36+/m1/s1. The summed E-state index contributed by atoms with van der Waals surface area (Å²) >= 11 is 0. The van der Waals surface area contributed by atoms with Crippen LogP contribution in [-0.4, -0.2) is 95.9 Å². The number of hydrogen-bond donors (Lipinski definition) is 3. The van der Waals surface area contributed by atoms with Crippen LogP contribution in [0, 0.1) is 5.92 Å². The molecule has 0 spiro atoms. The van der Waals surface area contributed by atoms with Crippen molar-refractivity contribution < 1.29 is 27.5 Å². The first kappa shape index (κ1) is 39.3. The first-order chi connectivity index (χ1) is 26.4. The number of fused-ring (bicyclic) bond motifs is 1. The highest BCUT2D eigenvalue weighted by Crippen LogP contribution is 2.37. The number of nitrogens with one attached hydrogen (secondary N) is 3. The number of ether oxygens (including phenoxy) is 2. The highest BCUT2D eigenvalue weighted by molar-refractivity contribution is 7.88. The third kappa shape index (κ3) is 9.18. The average molecular weight is 784 g/mol. The molecule has 3 aliphatic rings. The van der Waals surface area contributed by atoms with Crippen LogP contribution in [0.15, 0.2) is 71.9 Å². The summed E-state index contributed by atoms with van der Waals surface area (Å²) in [4.78, 5) is 42.5. The molecule has 4 atom stereocenters. The van der Waals surface area contributed by atoms with Crippen molar-refractivity contribution in [3.8, 4) is 22.4 Å². The van der Waals surface area contributed by atoms with Crippen LogP contribution in [0.5, 0.6) is 0 Å². The highest BCUT2D eigenvalue weighted by Gasteiger charge is 2.40. The van der Waals surface area contributed by atoms with Crippen LogP contribution in [0.2, 0.25) is 0 Å². The van der Waals surface area contributed by atoms with Crippen molar-refractivity contribution in [2.24, 2.45) is 10.9 Å². The van der Waals surface area contributed by atoms with Crippen LogP contribution < -0.4 is 10.0 Å². The van der Waals surface area contributed by atoms with Crippen molar-refractivity contribution in [3.63, 3.8) is 0 Å². The molecule has 0 aliphatic carbocycles. The molecule has 2 fully saturated rings. The molecule has 0 bridgehead atoms. The number of sulfonamides is 1. The van der Waals surface area contributed by atoms with Crippen molar-refractivity contribution in [2.75, 3.05) is 32.4 Å². The molecule has 0 saturated carbocycles. The Balaban J connectivity index is 1.01. The molecule has 4 heterocycles. The topological polar surface area (TPSA) is 158 Å². The number of aliphatic imine (C=N–C) groups is 1. The molecule has 13 nitrogen and oxygen atoms in total. The normalized spacial score (nSPS) is 21.7. The van der Waals surface area contributed by atoms with Gasteiger partial charge in [-0.25, -0.2) is 27.7 Å². The second-order valence-electron chi connectivity index (χ2n) is 17.2. The van der Waals surface area contributed by atoms with Gasteiger partial charge < -0.3 is 19.8 Å². The number of rotatable bonds is 8. The lowest BCUT2D eigenvalue weighted by molar-refractivity contribution is 0.0212. The zero-order valence-electron chi connectivity index (χ0n) is 33.3. The van der Waals surface area contributed by atoms with Gasteiger partial charge in [0.15, 0.2) is 0 Å². The molecule has 2 saturated heterocycles. The summed E-state index contributed by atoms with van der Waals surface area (Å²) < 4.78 is 37.5. The number of carbonyl (C=O) groups excluding carboxylic acids is 2. The minimum Gasteiger partial charge on any atom is -0.444 e. The fourth-order valence-corrected chi connectivity index (χ4v) is 8.26. The predicted molar refractivity (Wildman–Crippen MR) is 218 cm³/mol. The number of aromatic nitrogens is 2. The van der Waals surface area contributed by atoms with Gasteiger partial charge >= 0.3 is 12.2 Å². The molecule has 0 radical (unpaired) electrons. The summed E-state index contributed by atoms with van der Waals surface area (Å²) in [6.07, 6.45) is 4.49. The minimum atomic E-state index is -3.37. The number of amidine groups is 1. The Morgan fingerprint density at radius 3 is 2.20 bits per heavy atom. The van der Waals surface area contributed by atoms with Crippen LogP contribution >= 0.6 is 0 Å². The Labute approximate surface area is 329 Å². The number of H-pyrrole nitrogens is 1. The van der Waals surface area contributed by atoms with E-state index in [1.165, 1.54) is 0 Å². The van der Waals surface area contributed by atoms with Gasteiger partial charge in [0.05, 0.1) is 42.8 Å². The SMILES string of the molecule is CC(C)(C)OC(=O)N1CCC[C@H]1C1=NCC(c2ccc3cc(-c4ccc(-c5cnc([C@@H]6C[C@H](CNS(C)(=O)=O)CN6C(=O)OC(C)(C)C)[nH]5)cc4)ccc3c2)N1. The van der Waals surface area contributed by atoms with Gasteiger partial charge in [0.1, 0.15) is 22.9 Å². The van der Waals surface area contributed by atoms with E-state index in [-0.39, 0.29) is 36.7 Å². The monoisotopic (exact) mass is 783 g/mol. The van der Waals surface area contributed by atoms with E-state index in [1.807, 2.05) is 41.5 Å². The Morgan fingerprint density at radius 2 is 1.50 bits per heavy atom. The maximum Gasteiger partial charge on any atom is 0.410 e. The predicted octanol–water partition coefficient (Wildman–Crippen LogP) is 7.19.